The number of hydrogen-bond acceptors (Lipinski definition) is 3. The summed E-state index contributed by atoms with van der Waals surface area (Å²) in [6, 6.07) is 9.80. The van der Waals surface area contributed by atoms with Gasteiger partial charge in [0.2, 0.25) is 0 Å². The molecule has 0 aliphatic carbocycles. The summed E-state index contributed by atoms with van der Waals surface area (Å²) in [5.74, 6) is -0.331. The van der Waals surface area contributed by atoms with E-state index in [1.54, 1.807) is 0 Å². The Morgan fingerprint density at radius 3 is 2.43 bits per heavy atom. The second-order valence-electron chi connectivity index (χ2n) is 2.84. The number of hydroxylamine groups is 1. The Kier molecular flexibility index (Phi) is 6.21. The van der Waals surface area contributed by atoms with E-state index in [-0.39, 0.29) is 29.1 Å². The molecule has 1 radical (unpaired) electrons. The molecule has 3 nitrogen and oxygen atoms in total. The molecule has 1 N–H and O–H groups in total. The van der Waals surface area contributed by atoms with E-state index in [0.717, 1.165) is 5.56 Å². The van der Waals surface area contributed by atoms with Crippen LogP contribution < -0.4 is 5.48 Å². The zero-order valence-corrected chi connectivity index (χ0v) is 9.02. The van der Waals surface area contributed by atoms with Crippen LogP contribution in [0.25, 0.3) is 0 Å². The van der Waals surface area contributed by atoms with Crippen molar-refractivity contribution in [1.29, 1.82) is 0 Å². The summed E-state index contributed by atoms with van der Waals surface area (Å²) >= 11 is 0. The smallest absolute Gasteiger partial charge is 0.321 e. The second-order valence-corrected chi connectivity index (χ2v) is 2.84. The molecule has 1 atom stereocenters. The fourth-order valence-corrected chi connectivity index (χ4v) is 0.981. The molecule has 0 spiro atoms. The predicted molar refractivity (Wildman–Crippen MR) is 49.8 cm³/mol. The second kappa shape index (κ2) is 6.60. The van der Waals surface area contributed by atoms with Gasteiger partial charge in [-0.1, -0.05) is 30.3 Å². The van der Waals surface area contributed by atoms with Crippen molar-refractivity contribution in [2.45, 2.75) is 19.9 Å². The van der Waals surface area contributed by atoms with Gasteiger partial charge in [-0.3, -0.25) is 4.79 Å². The first-order valence-electron chi connectivity index (χ1n) is 4.18. The van der Waals surface area contributed by atoms with Crippen molar-refractivity contribution in [1.82, 2.24) is 5.48 Å². The van der Waals surface area contributed by atoms with E-state index in [1.165, 1.54) is 6.92 Å². The van der Waals surface area contributed by atoms with Crippen LogP contribution in [0, 0.1) is 0 Å². The minimum Gasteiger partial charge on any atom is -0.370 e. The molecule has 0 unspecified atom stereocenters. The number of carbonyl (C=O) groups is 1. The summed E-state index contributed by atoms with van der Waals surface area (Å²) < 4.78 is 0. The molecular weight excluding hydrogens is 230 g/mol. The molecule has 0 bridgehead atoms. The largest absolute Gasteiger partial charge is 0.370 e. The van der Waals surface area contributed by atoms with Crippen LogP contribution in [0.3, 0.4) is 0 Å². The molecule has 0 aliphatic heterocycles. The van der Waals surface area contributed by atoms with Gasteiger partial charge >= 0.3 is 5.97 Å². The van der Waals surface area contributed by atoms with Gasteiger partial charge in [-0.15, -0.1) is 5.48 Å². The van der Waals surface area contributed by atoms with Gasteiger partial charge in [0.25, 0.3) is 0 Å². The molecule has 14 heavy (non-hydrogen) atoms. The van der Waals surface area contributed by atoms with Gasteiger partial charge in [-0.2, -0.15) is 0 Å². The molecule has 81 valence electrons. The zero-order valence-electron chi connectivity index (χ0n) is 8.08. The van der Waals surface area contributed by atoms with Crippen LogP contribution >= 0.6 is 0 Å². The first kappa shape index (κ1) is 13.2. The van der Waals surface area contributed by atoms with Crippen LogP contribution in [0.2, 0.25) is 0 Å². The van der Waals surface area contributed by atoms with Crippen LogP contribution in [-0.4, -0.2) is 5.97 Å². The third-order valence-electron chi connectivity index (χ3n) is 1.68. The average Bonchev–Trinajstić information content (AvgIpc) is 2.15. The van der Waals surface area contributed by atoms with E-state index in [1.807, 2.05) is 37.3 Å². The Bertz CT molecular complexity index is 277. The van der Waals surface area contributed by atoms with E-state index >= 15 is 0 Å². The van der Waals surface area contributed by atoms with Crippen LogP contribution in [-0.2, 0) is 26.7 Å². The van der Waals surface area contributed by atoms with Crippen LogP contribution in [0.15, 0.2) is 30.3 Å². The molecule has 1 aromatic rings. The summed E-state index contributed by atoms with van der Waals surface area (Å²) in [5.41, 5.74) is 3.74. The molecule has 1 rings (SSSR count). The van der Waals surface area contributed by atoms with E-state index in [0.29, 0.717) is 0 Å². The van der Waals surface area contributed by atoms with Crippen molar-refractivity contribution in [3.63, 3.8) is 0 Å². The van der Waals surface area contributed by atoms with Crippen molar-refractivity contribution in [2.24, 2.45) is 0 Å². The van der Waals surface area contributed by atoms with Crippen molar-refractivity contribution in [3.8, 4) is 0 Å². The van der Waals surface area contributed by atoms with Crippen LogP contribution in [0.1, 0.15) is 25.5 Å². The van der Waals surface area contributed by atoms with Crippen molar-refractivity contribution in [2.75, 3.05) is 0 Å². The Balaban J connectivity index is 0.00000169. The van der Waals surface area contributed by atoms with Crippen molar-refractivity contribution in [3.05, 3.63) is 35.9 Å². The summed E-state index contributed by atoms with van der Waals surface area (Å²) in [5, 5.41) is 0. The van der Waals surface area contributed by atoms with E-state index < -0.39 is 0 Å². The van der Waals surface area contributed by atoms with Gasteiger partial charge in [0.15, 0.2) is 0 Å². The maximum absolute atomic E-state index is 10.5. The zero-order chi connectivity index (χ0) is 9.68. The van der Waals surface area contributed by atoms with E-state index in [4.69, 9.17) is 0 Å². The Morgan fingerprint density at radius 1 is 1.36 bits per heavy atom. The average molecular weight is 243 g/mol. The van der Waals surface area contributed by atoms with Gasteiger partial charge < -0.3 is 4.84 Å². The Morgan fingerprint density at radius 2 is 1.93 bits per heavy atom. The molecule has 0 saturated carbocycles. The third kappa shape index (κ3) is 4.42. The predicted octanol–water partition coefficient (Wildman–Crippen LogP) is 1.81. The molecule has 0 amide bonds. The Labute approximate surface area is 94.3 Å². The number of benzene rings is 1. The summed E-state index contributed by atoms with van der Waals surface area (Å²) in [4.78, 5) is 15.2. The molecule has 0 aromatic heterocycles. The fourth-order valence-electron chi connectivity index (χ4n) is 0.981. The van der Waals surface area contributed by atoms with Gasteiger partial charge in [0.1, 0.15) is 0 Å². The minimum absolute atomic E-state index is 0. The van der Waals surface area contributed by atoms with E-state index in [9.17, 15) is 4.79 Å². The number of nitrogens with one attached hydrogen (secondary N) is 1. The van der Waals surface area contributed by atoms with Crippen molar-refractivity contribution >= 4 is 5.97 Å². The minimum atomic E-state index is -0.331. The SMILES string of the molecule is CC(=O)ON[C@H](C)c1ccccc1.[Cu]. The fraction of sp³-hybridized carbons (Fsp3) is 0.300. The summed E-state index contributed by atoms with van der Waals surface area (Å²) in [6.07, 6.45) is 0. The molecular formula is C10H13CuNO2. The van der Waals surface area contributed by atoms with Crippen molar-refractivity contribution < 1.29 is 26.7 Å². The quantitative estimate of drug-likeness (QED) is 0.649. The third-order valence-corrected chi connectivity index (χ3v) is 1.68. The molecule has 0 heterocycles. The van der Waals surface area contributed by atoms with Crippen LogP contribution in [0.5, 0.6) is 0 Å². The standard InChI is InChI=1S/C10H13NO2.Cu/c1-8(11-13-9(2)12)10-6-4-3-5-7-10;/h3-8,11H,1-2H3;/t8-;/m1./s1. The topological polar surface area (TPSA) is 38.3 Å². The van der Waals surface area contributed by atoms with Crippen LogP contribution in [0.4, 0.5) is 0 Å². The molecule has 4 heteroatoms. The molecule has 1 aromatic carbocycles. The van der Waals surface area contributed by atoms with Gasteiger partial charge in [0.05, 0.1) is 6.04 Å². The Hall–Kier alpha value is -0.831. The maximum atomic E-state index is 10.5. The monoisotopic (exact) mass is 242 g/mol. The van der Waals surface area contributed by atoms with Gasteiger partial charge in [-0.05, 0) is 12.5 Å². The first-order chi connectivity index (χ1) is 6.20. The molecule has 0 fully saturated rings. The van der Waals surface area contributed by atoms with Gasteiger partial charge in [-0.25, -0.2) is 0 Å². The number of hydrogen-bond donors (Lipinski definition) is 1. The maximum Gasteiger partial charge on any atom is 0.321 e. The summed E-state index contributed by atoms with van der Waals surface area (Å²) in [7, 11) is 0. The van der Waals surface area contributed by atoms with Gasteiger partial charge in [0, 0.05) is 24.0 Å². The summed E-state index contributed by atoms with van der Waals surface area (Å²) in [6.45, 7) is 3.29. The number of carbonyl (C=O) groups excluding carboxylic acids is 1. The number of rotatable bonds is 3. The first-order valence-corrected chi connectivity index (χ1v) is 4.18. The molecule has 0 aliphatic rings. The van der Waals surface area contributed by atoms with E-state index in [2.05, 4.69) is 10.3 Å². The normalized spacial score (nSPS) is 11.3. The molecule has 0 saturated heterocycles.